The molecular weight excluding hydrogens is 210 g/mol. The summed E-state index contributed by atoms with van der Waals surface area (Å²) in [6, 6.07) is 0. The summed E-state index contributed by atoms with van der Waals surface area (Å²) < 4.78 is 0. The van der Waals surface area contributed by atoms with E-state index in [0.717, 1.165) is 6.42 Å². The van der Waals surface area contributed by atoms with Crippen molar-refractivity contribution >= 4 is 24.4 Å². The van der Waals surface area contributed by atoms with E-state index in [1.165, 1.54) is 11.3 Å². The summed E-state index contributed by atoms with van der Waals surface area (Å²) >= 11 is 6.47. The van der Waals surface area contributed by atoms with Gasteiger partial charge in [0.2, 0.25) is 0 Å². The molecule has 1 aliphatic carbocycles. The Labute approximate surface area is 97.7 Å². The van der Waals surface area contributed by atoms with E-state index in [4.69, 9.17) is 0 Å². The molecule has 1 nitrogen and oxygen atoms in total. The average Bonchev–Trinajstić information content (AvgIpc) is 2.00. The van der Waals surface area contributed by atoms with Crippen LogP contribution < -0.4 is 0 Å². The van der Waals surface area contributed by atoms with Gasteiger partial charge in [-0.2, -0.15) is 0 Å². The maximum atomic E-state index is 4.56. The highest BCUT2D eigenvalue weighted by atomic mass is 32.2. The van der Waals surface area contributed by atoms with Crippen molar-refractivity contribution in [1.82, 2.24) is 4.90 Å². The molecule has 1 aliphatic rings. The molecule has 0 aromatic heterocycles. The Morgan fingerprint density at radius 3 is 2.36 bits per heavy atom. The van der Waals surface area contributed by atoms with E-state index in [1.54, 1.807) is 0 Å². The van der Waals surface area contributed by atoms with Crippen molar-refractivity contribution in [2.75, 3.05) is 20.4 Å². The molecule has 0 aliphatic heterocycles. The highest BCUT2D eigenvalue weighted by molar-refractivity contribution is 8.00. The predicted molar refractivity (Wildman–Crippen MR) is 70.0 cm³/mol. The first-order valence-electron chi connectivity index (χ1n) is 4.95. The number of hydrogen-bond donors (Lipinski definition) is 1. The lowest BCUT2D eigenvalue weighted by Gasteiger charge is -2.45. The summed E-state index contributed by atoms with van der Waals surface area (Å²) in [5.41, 5.74) is 0.360. The molecule has 0 fully saturated rings. The van der Waals surface area contributed by atoms with Gasteiger partial charge in [0.05, 0.1) is 4.87 Å². The zero-order valence-corrected chi connectivity index (χ0v) is 11.5. The third-order valence-electron chi connectivity index (χ3n) is 2.89. The number of thioether (sulfide) groups is 1. The Kier molecular flexibility index (Phi) is 3.66. The van der Waals surface area contributed by atoms with Crippen LogP contribution in [0.1, 0.15) is 26.7 Å². The van der Waals surface area contributed by atoms with Gasteiger partial charge in [0, 0.05) is 0 Å². The van der Waals surface area contributed by atoms with Crippen LogP contribution in [-0.4, -0.2) is 30.1 Å². The maximum absolute atomic E-state index is 4.56. The molecule has 0 bridgehead atoms. The standard InChI is InChI=1S/C11H21NS2/c1-10(2)6-9(13)7-11(8-10,14-5)12(3)4/h7,13H,6,8H2,1-5H3. The highest BCUT2D eigenvalue weighted by Crippen LogP contribution is 2.47. The molecule has 1 rings (SSSR count). The van der Waals surface area contributed by atoms with Crippen LogP contribution in [0.5, 0.6) is 0 Å². The summed E-state index contributed by atoms with van der Waals surface area (Å²) in [4.78, 5) is 3.66. The Morgan fingerprint density at radius 1 is 1.43 bits per heavy atom. The molecule has 82 valence electrons. The van der Waals surface area contributed by atoms with Crippen molar-refractivity contribution in [2.24, 2.45) is 5.41 Å². The molecule has 0 radical (unpaired) electrons. The van der Waals surface area contributed by atoms with Crippen LogP contribution in [0.25, 0.3) is 0 Å². The lowest BCUT2D eigenvalue weighted by atomic mass is 9.78. The third kappa shape index (κ3) is 2.50. The molecule has 0 aromatic rings. The predicted octanol–water partition coefficient (Wildman–Crippen LogP) is 3.24. The third-order valence-corrected chi connectivity index (χ3v) is 4.52. The molecule has 14 heavy (non-hydrogen) atoms. The van der Waals surface area contributed by atoms with Gasteiger partial charge in [0.1, 0.15) is 0 Å². The van der Waals surface area contributed by atoms with Crippen LogP contribution in [0.3, 0.4) is 0 Å². The van der Waals surface area contributed by atoms with E-state index in [2.05, 4.69) is 57.8 Å². The molecule has 3 heteroatoms. The van der Waals surface area contributed by atoms with Crippen LogP contribution in [0.4, 0.5) is 0 Å². The van der Waals surface area contributed by atoms with E-state index in [-0.39, 0.29) is 4.87 Å². The van der Waals surface area contributed by atoms with E-state index in [0.29, 0.717) is 5.41 Å². The van der Waals surface area contributed by atoms with Gasteiger partial charge in [0.15, 0.2) is 0 Å². The van der Waals surface area contributed by atoms with Crippen LogP contribution in [0.15, 0.2) is 11.0 Å². The van der Waals surface area contributed by atoms with Gasteiger partial charge in [-0.15, -0.1) is 24.4 Å². The molecular formula is C11H21NS2. The number of likely N-dealkylation sites (N-methyl/N-ethyl adjacent to an activating group) is 1. The second-order valence-electron chi connectivity index (χ2n) is 5.10. The summed E-state index contributed by atoms with van der Waals surface area (Å²) in [7, 11) is 4.30. The molecule has 0 spiro atoms. The van der Waals surface area contributed by atoms with Gasteiger partial charge >= 0.3 is 0 Å². The van der Waals surface area contributed by atoms with Gasteiger partial charge in [-0.1, -0.05) is 13.8 Å². The second kappa shape index (κ2) is 4.11. The minimum absolute atomic E-state index is 0.138. The number of nitrogens with zero attached hydrogens (tertiary/aromatic N) is 1. The normalized spacial score (nSPS) is 31.8. The SMILES string of the molecule is CSC1(N(C)C)C=C(S)CC(C)(C)C1. The zero-order valence-electron chi connectivity index (χ0n) is 9.79. The topological polar surface area (TPSA) is 3.24 Å². The molecule has 1 atom stereocenters. The van der Waals surface area contributed by atoms with Crippen molar-refractivity contribution in [2.45, 2.75) is 31.6 Å². The molecule has 0 aromatic carbocycles. The van der Waals surface area contributed by atoms with Gasteiger partial charge in [-0.05, 0) is 49.6 Å². The maximum Gasteiger partial charge on any atom is 0.0864 e. The van der Waals surface area contributed by atoms with Gasteiger partial charge in [-0.3, -0.25) is 4.90 Å². The van der Waals surface area contributed by atoms with Crippen molar-refractivity contribution in [3.8, 4) is 0 Å². The molecule has 1 unspecified atom stereocenters. The first kappa shape index (κ1) is 12.5. The van der Waals surface area contributed by atoms with Crippen LogP contribution in [-0.2, 0) is 0 Å². The van der Waals surface area contributed by atoms with Crippen molar-refractivity contribution in [3.63, 3.8) is 0 Å². The summed E-state index contributed by atoms with van der Waals surface area (Å²) in [6.45, 7) is 4.65. The van der Waals surface area contributed by atoms with Crippen molar-refractivity contribution in [3.05, 3.63) is 11.0 Å². The van der Waals surface area contributed by atoms with Gasteiger partial charge < -0.3 is 0 Å². The van der Waals surface area contributed by atoms with E-state index < -0.39 is 0 Å². The fourth-order valence-electron chi connectivity index (χ4n) is 2.20. The van der Waals surface area contributed by atoms with Gasteiger partial charge in [0.25, 0.3) is 0 Å². The molecule has 0 saturated carbocycles. The zero-order chi connectivity index (χ0) is 11.0. The summed E-state index contributed by atoms with van der Waals surface area (Å²) in [5.74, 6) is 0. The quantitative estimate of drug-likeness (QED) is 0.574. The lowest BCUT2D eigenvalue weighted by molar-refractivity contribution is 0.192. The molecule has 0 N–H and O–H groups in total. The van der Waals surface area contributed by atoms with E-state index in [1.807, 2.05) is 11.8 Å². The first-order valence-corrected chi connectivity index (χ1v) is 6.62. The largest absolute Gasteiger partial charge is 0.292 e. The molecule has 0 saturated heterocycles. The van der Waals surface area contributed by atoms with Crippen LogP contribution in [0.2, 0.25) is 0 Å². The monoisotopic (exact) mass is 231 g/mol. The molecule has 0 heterocycles. The summed E-state index contributed by atoms with van der Waals surface area (Å²) in [6.07, 6.45) is 6.79. The molecule has 0 amide bonds. The fraction of sp³-hybridized carbons (Fsp3) is 0.818. The van der Waals surface area contributed by atoms with Crippen LogP contribution >= 0.6 is 24.4 Å². The van der Waals surface area contributed by atoms with Crippen molar-refractivity contribution in [1.29, 1.82) is 0 Å². The highest BCUT2D eigenvalue weighted by Gasteiger charge is 2.39. The number of allylic oxidation sites excluding steroid dienone is 1. The van der Waals surface area contributed by atoms with Gasteiger partial charge in [-0.25, -0.2) is 0 Å². The Bertz CT molecular complexity index is 246. The number of rotatable bonds is 2. The van der Waals surface area contributed by atoms with E-state index >= 15 is 0 Å². The van der Waals surface area contributed by atoms with E-state index in [9.17, 15) is 0 Å². The minimum Gasteiger partial charge on any atom is -0.292 e. The number of hydrogen-bond acceptors (Lipinski definition) is 3. The average molecular weight is 231 g/mol. The smallest absolute Gasteiger partial charge is 0.0864 e. The Hall–Kier alpha value is 0.400. The Morgan fingerprint density at radius 2 is 2.00 bits per heavy atom. The Balaban J connectivity index is 3.03. The lowest BCUT2D eigenvalue weighted by Crippen LogP contribution is -2.45. The fourth-order valence-corrected chi connectivity index (χ4v) is 4.09. The second-order valence-corrected chi connectivity index (χ2v) is 6.79. The van der Waals surface area contributed by atoms with Crippen molar-refractivity contribution < 1.29 is 0 Å². The van der Waals surface area contributed by atoms with Crippen LogP contribution in [0, 0.1) is 5.41 Å². The number of thiol groups is 1. The summed E-state index contributed by atoms with van der Waals surface area (Å²) in [5, 5.41) is 0. The minimum atomic E-state index is 0.138. The first-order chi connectivity index (χ1) is 6.31.